The number of methoxy groups -OCH3 is 1. The number of anilines is 1. The zero-order valence-electron chi connectivity index (χ0n) is 11.2. The highest BCUT2D eigenvalue weighted by molar-refractivity contribution is 7.80. The Morgan fingerprint density at radius 2 is 1.81 bits per heavy atom. The smallest absolute Gasteiger partial charge is 0.255 e. The van der Waals surface area contributed by atoms with Crippen LogP contribution in [0.1, 0.15) is 15.9 Å². The molecule has 0 atom stereocenters. The molecule has 0 saturated heterocycles. The van der Waals surface area contributed by atoms with Crippen molar-refractivity contribution >= 4 is 28.8 Å². The van der Waals surface area contributed by atoms with Crippen LogP contribution >= 0.6 is 12.2 Å². The highest BCUT2D eigenvalue weighted by atomic mass is 32.1. The third-order valence-corrected chi connectivity index (χ3v) is 3.08. The van der Waals surface area contributed by atoms with Crippen molar-refractivity contribution in [2.24, 2.45) is 5.73 Å². The molecule has 0 heterocycles. The maximum atomic E-state index is 12.8. The molecule has 0 spiro atoms. The van der Waals surface area contributed by atoms with Crippen LogP contribution < -0.4 is 15.8 Å². The van der Waals surface area contributed by atoms with Crippen molar-refractivity contribution in [3.05, 3.63) is 59.4 Å². The number of carbonyl (C=O) groups excluding carboxylic acids is 1. The van der Waals surface area contributed by atoms with Crippen molar-refractivity contribution in [1.29, 1.82) is 0 Å². The van der Waals surface area contributed by atoms with Gasteiger partial charge in [0.1, 0.15) is 16.6 Å². The van der Waals surface area contributed by atoms with Gasteiger partial charge in [0.2, 0.25) is 0 Å². The number of thiocarbonyl (C=S) groups is 1. The van der Waals surface area contributed by atoms with E-state index in [0.29, 0.717) is 22.6 Å². The lowest BCUT2D eigenvalue weighted by Crippen LogP contribution is -2.14. The molecule has 4 nitrogen and oxygen atoms in total. The molecule has 6 heteroatoms. The van der Waals surface area contributed by atoms with Gasteiger partial charge in [0.25, 0.3) is 5.91 Å². The number of nitrogens with two attached hydrogens (primary N) is 1. The van der Waals surface area contributed by atoms with Gasteiger partial charge in [0.15, 0.2) is 0 Å². The zero-order chi connectivity index (χ0) is 15.4. The molecule has 2 aromatic carbocycles. The van der Waals surface area contributed by atoms with Gasteiger partial charge in [0.05, 0.1) is 12.8 Å². The van der Waals surface area contributed by atoms with Gasteiger partial charge in [-0.1, -0.05) is 12.2 Å². The average Bonchev–Trinajstić information content (AvgIpc) is 2.48. The number of benzene rings is 2. The Labute approximate surface area is 126 Å². The normalized spacial score (nSPS) is 10.0. The number of nitrogens with one attached hydrogen (secondary N) is 1. The Hall–Kier alpha value is -2.47. The summed E-state index contributed by atoms with van der Waals surface area (Å²) >= 11 is 4.89. The van der Waals surface area contributed by atoms with Crippen molar-refractivity contribution in [3.63, 3.8) is 0 Å². The summed E-state index contributed by atoms with van der Waals surface area (Å²) in [6.45, 7) is 0. The van der Waals surface area contributed by atoms with Crippen LogP contribution in [0.5, 0.6) is 5.75 Å². The first-order valence-electron chi connectivity index (χ1n) is 6.06. The fourth-order valence-electron chi connectivity index (χ4n) is 1.74. The molecule has 0 aliphatic heterocycles. The fourth-order valence-corrected chi connectivity index (χ4v) is 1.87. The van der Waals surface area contributed by atoms with Crippen LogP contribution in [0, 0.1) is 5.82 Å². The Balaban J connectivity index is 2.24. The van der Waals surface area contributed by atoms with E-state index in [2.05, 4.69) is 5.32 Å². The molecule has 2 rings (SSSR count). The third kappa shape index (κ3) is 3.55. The molecule has 2 aromatic rings. The highest BCUT2D eigenvalue weighted by Gasteiger charge is 2.11. The molecular formula is C15H13FN2O2S. The summed E-state index contributed by atoms with van der Waals surface area (Å²) < 4.78 is 18.0. The summed E-state index contributed by atoms with van der Waals surface area (Å²) in [5, 5.41) is 2.69. The van der Waals surface area contributed by atoms with E-state index >= 15 is 0 Å². The number of hydrogen-bond acceptors (Lipinski definition) is 3. The highest BCUT2D eigenvalue weighted by Crippen LogP contribution is 2.26. The van der Waals surface area contributed by atoms with Gasteiger partial charge in [-0.2, -0.15) is 0 Å². The van der Waals surface area contributed by atoms with Gasteiger partial charge in [-0.25, -0.2) is 4.39 Å². The first kappa shape index (κ1) is 14.9. The van der Waals surface area contributed by atoms with E-state index in [9.17, 15) is 9.18 Å². The Morgan fingerprint density at radius 3 is 2.38 bits per heavy atom. The summed E-state index contributed by atoms with van der Waals surface area (Å²) in [5.41, 5.74) is 7.01. The van der Waals surface area contributed by atoms with Crippen LogP contribution in [0.3, 0.4) is 0 Å². The Bertz CT molecular complexity index is 687. The maximum absolute atomic E-state index is 12.8. The first-order chi connectivity index (χ1) is 10.0. The number of rotatable bonds is 4. The molecule has 108 valence electrons. The molecule has 0 aliphatic rings. The maximum Gasteiger partial charge on any atom is 0.255 e. The molecule has 0 bridgehead atoms. The predicted molar refractivity (Wildman–Crippen MR) is 83.2 cm³/mol. The van der Waals surface area contributed by atoms with Crippen LogP contribution in [-0.4, -0.2) is 18.0 Å². The minimum atomic E-state index is -0.398. The summed E-state index contributed by atoms with van der Waals surface area (Å²) in [6.07, 6.45) is 0. The minimum Gasteiger partial charge on any atom is -0.495 e. The van der Waals surface area contributed by atoms with E-state index in [4.69, 9.17) is 22.7 Å². The zero-order valence-corrected chi connectivity index (χ0v) is 12.0. The minimum absolute atomic E-state index is 0.240. The average molecular weight is 304 g/mol. The molecule has 0 radical (unpaired) electrons. The van der Waals surface area contributed by atoms with E-state index in [1.807, 2.05) is 0 Å². The molecule has 0 fully saturated rings. The third-order valence-electron chi connectivity index (χ3n) is 2.84. The van der Waals surface area contributed by atoms with Crippen LogP contribution in [0.4, 0.5) is 10.1 Å². The quantitative estimate of drug-likeness (QED) is 0.853. The summed E-state index contributed by atoms with van der Waals surface area (Å²) in [7, 11) is 1.48. The van der Waals surface area contributed by atoms with Crippen LogP contribution in [0.15, 0.2) is 42.5 Å². The van der Waals surface area contributed by atoms with Gasteiger partial charge < -0.3 is 15.8 Å². The SMILES string of the molecule is COc1cc(C(N)=S)ccc1NC(=O)c1ccc(F)cc1. The topological polar surface area (TPSA) is 64.3 Å². The first-order valence-corrected chi connectivity index (χ1v) is 6.47. The van der Waals surface area contributed by atoms with Gasteiger partial charge in [-0.15, -0.1) is 0 Å². The number of ether oxygens (including phenoxy) is 1. The number of amides is 1. The molecular weight excluding hydrogens is 291 g/mol. The fraction of sp³-hybridized carbons (Fsp3) is 0.0667. The lowest BCUT2D eigenvalue weighted by atomic mass is 10.1. The van der Waals surface area contributed by atoms with Crippen LogP contribution in [0.2, 0.25) is 0 Å². The van der Waals surface area contributed by atoms with Crippen molar-refractivity contribution in [2.75, 3.05) is 12.4 Å². The molecule has 0 saturated carbocycles. The number of halogens is 1. The second kappa shape index (κ2) is 6.32. The van der Waals surface area contributed by atoms with Gasteiger partial charge in [-0.05, 0) is 42.5 Å². The monoisotopic (exact) mass is 304 g/mol. The second-order valence-electron chi connectivity index (χ2n) is 4.24. The lowest BCUT2D eigenvalue weighted by molar-refractivity contribution is 0.102. The second-order valence-corrected chi connectivity index (χ2v) is 4.68. The van der Waals surface area contributed by atoms with E-state index < -0.39 is 5.82 Å². The van der Waals surface area contributed by atoms with E-state index in [1.54, 1.807) is 18.2 Å². The van der Waals surface area contributed by atoms with Crippen LogP contribution in [0.25, 0.3) is 0 Å². The van der Waals surface area contributed by atoms with Crippen molar-refractivity contribution < 1.29 is 13.9 Å². The van der Waals surface area contributed by atoms with E-state index in [1.165, 1.54) is 31.4 Å². The largest absolute Gasteiger partial charge is 0.495 e. The molecule has 21 heavy (non-hydrogen) atoms. The molecule has 1 amide bonds. The number of carbonyl (C=O) groups is 1. The van der Waals surface area contributed by atoms with Crippen LogP contribution in [-0.2, 0) is 0 Å². The van der Waals surface area contributed by atoms with Crippen molar-refractivity contribution in [1.82, 2.24) is 0 Å². The Kier molecular flexibility index (Phi) is 4.49. The standard InChI is InChI=1S/C15H13FN2O2S/c1-20-13-8-10(14(17)21)4-7-12(13)18-15(19)9-2-5-11(16)6-3-9/h2-8H,1H3,(H2,17,21)(H,18,19). The molecule has 0 unspecified atom stereocenters. The molecule has 3 N–H and O–H groups in total. The lowest BCUT2D eigenvalue weighted by Gasteiger charge is -2.11. The van der Waals surface area contributed by atoms with Crippen molar-refractivity contribution in [2.45, 2.75) is 0 Å². The Morgan fingerprint density at radius 1 is 1.19 bits per heavy atom. The summed E-state index contributed by atoms with van der Waals surface area (Å²) in [6, 6.07) is 10.2. The molecule has 0 aliphatic carbocycles. The van der Waals surface area contributed by atoms with Gasteiger partial charge in [-0.3, -0.25) is 4.79 Å². The predicted octanol–water partition coefficient (Wildman–Crippen LogP) is 2.72. The van der Waals surface area contributed by atoms with Gasteiger partial charge in [0, 0.05) is 11.1 Å². The molecule has 0 aromatic heterocycles. The van der Waals surface area contributed by atoms with Crippen molar-refractivity contribution in [3.8, 4) is 5.75 Å². The van der Waals surface area contributed by atoms with E-state index in [0.717, 1.165) is 0 Å². The van der Waals surface area contributed by atoms with E-state index in [-0.39, 0.29) is 10.9 Å². The summed E-state index contributed by atoms with van der Waals surface area (Å²) in [5.74, 6) is -0.322. The summed E-state index contributed by atoms with van der Waals surface area (Å²) in [4.78, 5) is 12.3. The van der Waals surface area contributed by atoms with Gasteiger partial charge >= 0.3 is 0 Å². The number of hydrogen-bond donors (Lipinski definition) is 2.